The van der Waals surface area contributed by atoms with Gasteiger partial charge in [-0.2, -0.15) is 0 Å². The first-order valence-corrected chi connectivity index (χ1v) is 7.80. The molecule has 0 aromatic rings. The molecule has 0 atom stereocenters. The summed E-state index contributed by atoms with van der Waals surface area (Å²) in [6.45, 7) is 0. The van der Waals surface area contributed by atoms with Gasteiger partial charge in [0.2, 0.25) is 8.27 Å². The molecule has 0 radical (unpaired) electrons. The van der Waals surface area contributed by atoms with Crippen molar-refractivity contribution in [3.05, 3.63) is 11.0 Å². The molecule has 0 aromatic heterocycles. The van der Waals surface area contributed by atoms with Crippen LogP contribution in [0.2, 0.25) is 0 Å². The fourth-order valence-electron chi connectivity index (χ4n) is 0.724. The van der Waals surface area contributed by atoms with Crippen LogP contribution in [0.3, 0.4) is 0 Å². The molecule has 0 saturated heterocycles. The van der Waals surface area contributed by atoms with Gasteiger partial charge in [0.25, 0.3) is 0 Å². The quantitative estimate of drug-likeness (QED) is 0.624. The Hall–Kier alpha value is 0.120. The van der Waals surface area contributed by atoms with Crippen LogP contribution in [0.25, 0.3) is 0 Å². The molecule has 0 unspecified atom stereocenters. The summed E-state index contributed by atoms with van der Waals surface area (Å²) < 4.78 is 42.9. The van der Waals surface area contributed by atoms with Gasteiger partial charge in [0, 0.05) is 0 Å². The van der Waals surface area contributed by atoms with Crippen molar-refractivity contribution in [2.45, 2.75) is 0 Å². The van der Waals surface area contributed by atoms with Gasteiger partial charge in [0.15, 0.2) is 9.84 Å². The van der Waals surface area contributed by atoms with E-state index in [0.29, 0.717) is 0 Å². The van der Waals surface area contributed by atoms with E-state index in [2.05, 4.69) is 14.8 Å². The molecule has 4 nitrogen and oxygen atoms in total. The first-order chi connectivity index (χ1) is 4.81. The Kier molecular flexibility index (Phi) is 2.15. The summed E-state index contributed by atoms with van der Waals surface area (Å²) in [5, 5.41) is 0. The second-order valence-corrected chi connectivity index (χ2v) is 8.23. The van der Waals surface area contributed by atoms with E-state index in [0.717, 1.165) is 0 Å². The highest BCUT2D eigenvalue weighted by molar-refractivity contribution is 9.48. The van der Waals surface area contributed by atoms with Gasteiger partial charge in [-0.1, -0.05) is 6.08 Å². The maximum absolute atomic E-state index is 10.8. The molecule has 1 rings (SSSR count). The maximum Gasteiger partial charge on any atom is 0.234 e. The third-order valence-electron chi connectivity index (χ3n) is 1.24. The van der Waals surface area contributed by atoms with Crippen LogP contribution in [0, 0.1) is 0 Å². The largest absolute Gasteiger partial charge is 0.234 e. The van der Waals surface area contributed by atoms with Crippen LogP contribution in [0.4, 0.5) is 0 Å². The number of rotatable bonds is 1. The molecule has 1 aliphatic rings. The van der Waals surface area contributed by atoms with Gasteiger partial charge in [-0.3, -0.25) is 0 Å². The molecule has 0 amide bonds. The Morgan fingerprint density at radius 2 is 2.00 bits per heavy atom. The molecule has 0 fully saturated rings. The predicted octanol–water partition coefficient (Wildman–Crippen LogP) is 0.0234. The van der Waals surface area contributed by atoms with Gasteiger partial charge in [0.1, 0.15) is 0 Å². The summed E-state index contributed by atoms with van der Waals surface area (Å²) in [6.07, 6.45) is 1.21. The first kappa shape index (κ1) is 9.21. The van der Waals surface area contributed by atoms with Gasteiger partial charge < -0.3 is 0 Å². The zero-order chi connectivity index (χ0) is 8.70. The van der Waals surface area contributed by atoms with Crippen molar-refractivity contribution in [3.8, 4) is 0 Å². The van der Waals surface area contributed by atoms with E-state index < -0.39 is 18.1 Å². The molecular formula is C4H5BrO4S2. The van der Waals surface area contributed by atoms with Crippen LogP contribution < -0.4 is 0 Å². The van der Waals surface area contributed by atoms with Crippen molar-refractivity contribution in [1.29, 1.82) is 0 Å². The Bertz CT molecular complexity index is 388. The summed E-state index contributed by atoms with van der Waals surface area (Å²) in [6, 6.07) is 0. The fourth-order valence-corrected chi connectivity index (χ4v) is 4.58. The van der Waals surface area contributed by atoms with E-state index in [9.17, 15) is 16.8 Å². The average molecular weight is 261 g/mol. The van der Waals surface area contributed by atoms with Gasteiger partial charge >= 0.3 is 0 Å². The lowest BCUT2D eigenvalue weighted by atomic mass is 10.6. The Morgan fingerprint density at radius 3 is 2.18 bits per heavy atom. The molecule has 0 bridgehead atoms. The zero-order valence-electron chi connectivity index (χ0n) is 5.32. The average Bonchev–Trinajstić information content (AvgIpc) is 2.07. The van der Waals surface area contributed by atoms with Crippen molar-refractivity contribution in [1.82, 2.24) is 0 Å². The summed E-state index contributed by atoms with van der Waals surface area (Å²) in [7, 11) is -6.66. The predicted molar refractivity (Wildman–Crippen MR) is 44.6 cm³/mol. The van der Waals surface area contributed by atoms with E-state index in [-0.39, 0.29) is 16.4 Å². The van der Waals surface area contributed by atoms with Gasteiger partial charge in [-0.25, -0.2) is 16.8 Å². The fraction of sp³-hybridized carbons (Fsp3) is 0.500. The molecule has 64 valence electrons. The summed E-state index contributed by atoms with van der Waals surface area (Å²) in [5.41, 5.74) is 0. The van der Waals surface area contributed by atoms with Crippen molar-refractivity contribution < 1.29 is 16.8 Å². The molecule has 0 saturated carbocycles. The smallest absolute Gasteiger partial charge is 0.228 e. The van der Waals surface area contributed by atoms with Crippen LogP contribution in [0.5, 0.6) is 0 Å². The second kappa shape index (κ2) is 2.56. The third-order valence-corrected chi connectivity index (χ3v) is 5.03. The molecular weight excluding hydrogens is 256 g/mol. The molecule has 0 aromatic carbocycles. The van der Waals surface area contributed by atoms with Crippen LogP contribution in [-0.2, 0) is 18.1 Å². The summed E-state index contributed by atoms with van der Waals surface area (Å²) in [4.78, 5) is -0.0579. The molecule has 0 N–H and O–H groups in total. The van der Waals surface area contributed by atoms with E-state index in [1.807, 2.05) is 0 Å². The molecule has 11 heavy (non-hydrogen) atoms. The Morgan fingerprint density at radius 1 is 1.45 bits per heavy atom. The zero-order valence-corrected chi connectivity index (χ0v) is 8.54. The lowest BCUT2D eigenvalue weighted by Gasteiger charge is -1.92. The van der Waals surface area contributed by atoms with Crippen LogP contribution in [0.1, 0.15) is 0 Å². The van der Waals surface area contributed by atoms with E-state index >= 15 is 0 Å². The van der Waals surface area contributed by atoms with Crippen LogP contribution in [0.15, 0.2) is 11.0 Å². The topological polar surface area (TPSA) is 68.3 Å². The lowest BCUT2D eigenvalue weighted by molar-refractivity contribution is 0.601. The Labute approximate surface area is 72.3 Å². The highest BCUT2D eigenvalue weighted by Gasteiger charge is 2.26. The first-order valence-electron chi connectivity index (χ1n) is 2.65. The van der Waals surface area contributed by atoms with Crippen LogP contribution in [-0.4, -0.2) is 28.3 Å². The standard InChI is InChI=1S/C4H5BrO4S2/c5-11(8,9)4-1-2-10(6,7)3-4/h1H,2-3H2. The summed E-state index contributed by atoms with van der Waals surface area (Å²) >= 11 is 2.40. The second-order valence-electron chi connectivity index (χ2n) is 2.16. The summed E-state index contributed by atoms with van der Waals surface area (Å²) in [5.74, 6) is -0.548. The van der Waals surface area contributed by atoms with E-state index in [1.165, 1.54) is 6.08 Å². The van der Waals surface area contributed by atoms with Crippen molar-refractivity contribution >= 4 is 32.9 Å². The number of hydrogen-bond acceptors (Lipinski definition) is 4. The SMILES string of the molecule is O=S1(=O)CC=C(S(=O)(=O)Br)C1. The number of halogens is 1. The number of hydrogen-bond donors (Lipinski definition) is 0. The monoisotopic (exact) mass is 260 g/mol. The van der Waals surface area contributed by atoms with Gasteiger partial charge in [-0.15, -0.1) is 0 Å². The highest BCUT2D eigenvalue weighted by Crippen LogP contribution is 2.21. The van der Waals surface area contributed by atoms with Gasteiger partial charge in [0.05, 0.1) is 31.2 Å². The minimum atomic E-state index is -3.48. The minimum absolute atomic E-state index is 0.0579. The van der Waals surface area contributed by atoms with Crippen molar-refractivity contribution in [2.24, 2.45) is 0 Å². The third kappa shape index (κ3) is 2.28. The normalized spacial score (nSPS) is 23.2. The molecule has 0 spiro atoms. The lowest BCUT2D eigenvalue weighted by Crippen LogP contribution is -2.05. The Balaban J connectivity index is 3.02. The van der Waals surface area contributed by atoms with Gasteiger partial charge in [-0.05, 0) is 0 Å². The van der Waals surface area contributed by atoms with E-state index in [4.69, 9.17) is 0 Å². The van der Waals surface area contributed by atoms with Crippen molar-refractivity contribution in [2.75, 3.05) is 11.5 Å². The molecule has 0 aliphatic carbocycles. The van der Waals surface area contributed by atoms with Crippen LogP contribution >= 0.6 is 14.8 Å². The molecule has 7 heteroatoms. The van der Waals surface area contributed by atoms with E-state index in [1.54, 1.807) is 0 Å². The number of sulfone groups is 1. The minimum Gasteiger partial charge on any atom is -0.228 e. The highest BCUT2D eigenvalue weighted by atomic mass is 79.9. The van der Waals surface area contributed by atoms with Crippen molar-refractivity contribution in [3.63, 3.8) is 0 Å². The molecule has 1 heterocycles. The maximum atomic E-state index is 10.8. The molecule has 1 aliphatic heterocycles.